The first-order chi connectivity index (χ1) is 33.9. The number of rotatable bonds is 20. The number of nitrogens with zero attached hydrogens (tertiary/aromatic N) is 3. The molecule has 23 heteroatoms. The van der Waals surface area contributed by atoms with E-state index in [2.05, 4.69) is 31.2 Å². The van der Waals surface area contributed by atoms with Gasteiger partial charge in [0.15, 0.2) is 0 Å². The number of halogens is 8. The number of anilines is 2. The summed E-state index contributed by atoms with van der Waals surface area (Å²) in [4.78, 5) is 55.9. The second kappa shape index (κ2) is 22.5. The molecule has 0 spiro atoms. The molecule has 2 aromatic heterocycles. The van der Waals surface area contributed by atoms with E-state index in [-0.39, 0.29) is 74.7 Å². The molecule has 15 nitrogen and oxygen atoms in total. The molecule has 0 fully saturated rings. The van der Waals surface area contributed by atoms with Crippen molar-refractivity contribution < 1.29 is 68.5 Å². The summed E-state index contributed by atoms with van der Waals surface area (Å²) in [5.74, 6) is -4.49. The third kappa shape index (κ3) is 13.5. The smallest absolute Gasteiger partial charge is 0.416 e. The van der Waals surface area contributed by atoms with E-state index in [0.717, 1.165) is 23.2 Å². The molecular formula is C48H40F8N8O7. The summed E-state index contributed by atoms with van der Waals surface area (Å²) in [6, 6.07) is 21.3. The minimum absolute atomic E-state index is 0.00214. The Balaban J connectivity index is 0.859. The van der Waals surface area contributed by atoms with Crippen LogP contribution in [-0.2, 0) is 44.6 Å². The first-order valence-electron chi connectivity index (χ1n) is 21.3. The minimum atomic E-state index is -5.21. The van der Waals surface area contributed by atoms with Gasteiger partial charge in [0.2, 0.25) is 0 Å². The number of para-hydroxylation sites is 1. The maximum absolute atomic E-state index is 14.5. The maximum Gasteiger partial charge on any atom is 0.416 e. The van der Waals surface area contributed by atoms with Crippen molar-refractivity contribution in [2.24, 2.45) is 0 Å². The molecule has 0 unspecified atom stereocenters. The summed E-state index contributed by atoms with van der Waals surface area (Å²) in [5, 5.41) is 17.5. The Morgan fingerprint density at radius 2 is 1.41 bits per heavy atom. The quantitative estimate of drug-likeness (QED) is 0.0215. The van der Waals surface area contributed by atoms with Crippen molar-refractivity contribution in [1.29, 1.82) is 0 Å². The lowest BCUT2D eigenvalue weighted by molar-refractivity contribution is -0.143. The van der Waals surface area contributed by atoms with Gasteiger partial charge in [0.05, 0.1) is 67.2 Å². The van der Waals surface area contributed by atoms with Gasteiger partial charge in [-0.15, -0.1) is 5.10 Å². The van der Waals surface area contributed by atoms with Crippen LogP contribution in [0.5, 0.6) is 5.75 Å². The summed E-state index contributed by atoms with van der Waals surface area (Å²) in [6.07, 6.45) is -8.83. The van der Waals surface area contributed by atoms with Crippen LogP contribution in [0.1, 0.15) is 38.8 Å². The van der Waals surface area contributed by atoms with Gasteiger partial charge in [-0.25, -0.2) is 18.3 Å². The predicted molar refractivity (Wildman–Crippen MR) is 240 cm³/mol. The minimum Gasteiger partial charge on any atom is -0.487 e. The zero-order valence-corrected chi connectivity index (χ0v) is 36.8. The number of Topliss-reactive ketones (excluding diaryl/α,β-unsaturated/α-hetero) is 1. The third-order valence-corrected chi connectivity index (χ3v) is 10.3. The molecule has 0 aliphatic rings. The van der Waals surface area contributed by atoms with E-state index in [4.69, 9.17) is 14.2 Å². The second-order valence-electron chi connectivity index (χ2n) is 15.4. The number of carbonyl (C=O) groups is 4. The van der Waals surface area contributed by atoms with Crippen LogP contribution < -0.4 is 26.0 Å². The highest BCUT2D eigenvalue weighted by Gasteiger charge is 2.37. The van der Waals surface area contributed by atoms with Crippen LogP contribution in [-0.4, -0.2) is 76.6 Å². The van der Waals surface area contributed by atoms with E-state index < -0.39 is 76.2 Å². The van der Waals surface area contributed by atoms with Crippen LogP contribution in [0.2, 0.25) is 0 Å². The Hall–Kier alpha value is -8.18. The van der Waals surface area contributed by atoms with Gasteiger partial charge in [-0.3, -0.25) is 14.4 Å². The molecule has 7 rings (SSSR count). The molecule has 4 amide bonds. The van der Waals surface area contributed by atoms with E-state index in [1.807, 2.05) is 47.8 Å². The Labute approximate surface area is 397 Å². The highest BCUT2D eigenvalue weighted by molar-refractivity contribution is 6.46. The monoisotopic (exact) mass is 992 g/mol. The second-order valence-corrected chi connectivity index (χ2v) is 15.4. The Morgan fingerprint density at radius 3 is 2.10 bits per heavy atom. The van der Waals surface area contributed by atoms with Crippen molar-refractivity contribution >= 4 is 45.9 Å². The summed E-state index contributed by atoms with van der Waals surface area (Å²) >= 11 is 0. The zero-order valence-electron chi connectivity index (χ0n) is 36.8. The van der Waals surface area contributed by atoms with Gasteiger partial charge in [0, 0.05) is 29.2 Å². The first kappa shape index (κ1) is 50.7. The molecule has 370 valence electrons. The van der Waals surface area contributed by atoms with Crippen LogP contribution in [0.25, 0.3) is 22.2 Å². The number of benzene rings is 5. The van der Waals surface area contributed by atoms with Gasteiger partial charge in [0.25, 0.3) is 17.6 Å². The molecule has 0 radical (unpaired) electrons. The van der Waals surface area contributed by atoms with Crippen molar-refractivity contribution in [2.45, 2.75) is 31.5 Å². The van der Waals surface area contributed by atoms with E-state index in [9.17, 15) is 54.3 Å². The van der Waals surface area contributed by atoms with Crippen LogP contribution in [0, 0.1) is 11.6 Å². The number of ether oxygens (including phenoxy) is 3. The number of aromatic nitrogens is 4. The largest absolute Gasteiger partial charge is 0.487 e. The first-order valence-corrected chi connectivity index (χ1v) is 21.3. The van der Waals surface area contributed by atoms with Gasteiger partial charge in [-0.1, -0.05) is 65.9 Å². The molecule has 5 N–H and O–H groups in total. The van der Waals surface area contributed by atoms with Crippen molar-refractivity contribution in [3.8, 4) is 17.0 Å². The highest BCUT2D eigenvalue weighted by atomic mass is 19.4. The average molecular weight is 993 g/mol. The number of hydrogen-bond acceptors (Lipinski definition) is 9. The van der Waals surface area contributed by atoms with Gasteiger partial charge in [-0.05, 0) is 59.7 Å². The third-order valence-electron chi connectivity index (χ3n) is 10.3. The highest BCUT2D eigenvalue weighted by Crippen LogP contribution is 2.38. The van der Waals surface area contributed by atoms with Crippen molar-refractivity contribution in [1.82, 2.24) is 30.6 Å². The normalized spacial score (nSPS) is 12.1. The van der Waals surface area contributed by atoms with Crippen LogP contribution in [0.15, 0.2) is 121 Å². The van der Waals surface area contributed by atoms with Crippen molar-refractivity contribution in [3.63, 3.8) is 0 Å². The predicted octanol–water partition coefficient (Wildman–Crippen LogP) is 8.86. The van der Waals surface area contributed by atoms with Crippen molar-refractivity contribution in [2.75, 3.05) is 43.6 Å². The molecular weight excluding hydrogens is 953 g/mol. The molecule has 5 aromatic carbocycles. The van der Waals surface area contributed by atoms with E-state index in [1.54, 1.807) is 18.3 Å². The van der Waals surface area contributed by atoms with Gasteiger partial charge >= 0.3 is 18.4 Å². The fourth-order valence-electron chi connectivity index (χ4n) is 6.96. The number of hydrogen-bond donors (Lipinski definition) is 5. The average Bonchev–Trinajstić information content (AvgIpc) is 3.97. The maximum atomic E-state index is 14.5. The van der Waals surface area contributed by atoms with Gasteiger partial charge < -0.3 is 40.5 Å². The Morgan fingerprint density at radius 1 is 0.732 bits per heavy atom. The number of H-pyrrole nitrogens is 1. The number of alkyl halides is 6. The molecule has 7 aromatic rings. The molecule has 0 aliphatic heterocycles. The molecule has 71 heavy (non-hydrogen) atoms. The van der Waals surface area contributed by atoms with Crippen molar-refractivity contribution in [3.05, 3.63) is 161 Å². The lowest BCUT2D eigenvalue weighted by atomic mass is 10.0. The number of carbonyl (C=O) groups excluding carboxylic acids is 4. The Kier molecular flexibility index (Phi) is 16.1. The van der Waals surface area contributed by atoms with Gasteiger partial charge in [-0.2, -0.15) is 26.3 Å². The van der Waals surface area contributed by atoms with E-state index in [0.29, 0.717) is 29.4 Å². The fourth-order valence-corrected chi connectivity index (χ4v) is 6.96. The van der Waals surface area contributed by atoms with E-state index >= 15 is 0 Å². The lowest BCUT2D eigenvalue weighted by Gasteiger charge is -2.20. The van der Waals surface area contributed by atoms with Crippen LogP contribution in [0.4, 0.5) is 51.3 Å². The number of ketones is 1. The summed E-state index contributed by atoms with van der Waals surface area (Å²) in [7, 11) is 0. The molecule has 0 bridgehead atoms. The van der Waals surface area contributed by atoms with E-state index in [1.165, 1.54) is 28.9 Å². The molecule has 1 atom stereocenters. The van der Waals surface area contributed by atoms with Crippen LogP contribution >= 0.6 is 0 Å². The number of nitrogens with one attached hydrogen (secondary N) is 5. The number of amides is 4. The topological polar surface area (TPSA) is 191 Å². The molecule has 0 aliphatic carbocycles. The summed E-state index contributed by atoms with van der Waals surface area (Å²) in [6.45, 7) is 1.09. The fraction of sp³-hybridized carbons (Fsp3) is 0.208. The standard InChI is InChI=1S/C48H40F8N8O7/c49-32-12-15-39(37(50)25-32)60-44(66)42(61-46(68)58-33-23-30(47(51,52)53)22-31(24-33)48(54,55)56)29-10-13-35(14-11-29)71-27-34-26-64(63-62-34)17-19-70-21-20-69-18-16-57-45(67)43(65)40-36-8-4-5-9-38(36)59-41(40)28-6-2-1-3-7-28/h1-15,22-26,42,59H,16-21,27H2,(H,57,67)(H,60,66)(H2,58,61,68)/t42-/m1/s1. The lowest BCUT2D eigenvalue weighted by Crippen LogP contribution is -2.39. The number of aromatic amines is 1. The number of fused-ring (bicyclic) bond motifs is 1. The van der Waals surface area contributed by atoms with Gasteiger partial charge in [0.1, 0.15) is 35.7 Å². The van der Waals surface area contributed by atoms with Crippen LogP contribution in [0.3, 0.4) is 0 Å². The molecule has 2 heterocycles. The number of urea groups is 1. The summed E-state index contributed by atoms with van der Waals surface area (Å²) in [5.41, 5.74) is -2.08. The summed E-state index contributed by atoms with van der Waals surface area (Å²) < 4.78 is 127. The zero-order chi connectivity index (χ0) is 50.7. The Bertz CT molecular complexity index is 2970. The molecule has 0 saturated carbocycles. The SMILES string of the molecule is O=C(Nc1cc(C(F)(F)F)cc(C(F)(F)F)c1)N[C@@H](C(=O)Nc1ccc(F)cc1F)c1ccc(OCc2cn(CCOCCOCCNC(=O)C(=O)c3c(-c4ccccc4)[nH]c4ccccc34)nn2)cc1. The molecule has 0 saturated heterocycles.